The van der Waals surface area contributed by atoms with Crippen LogP contribution in [0.1, 0.15) is 18.4 Å². The van der Waals surface area contributed by atoms with Crippen molar-refractivity contribution in [2.75, 3.05) is 20.2 Å². The first kappa shape index (κ1) is 12.0. The van der Waals surface area contributed by atoms with Gasteiger partial charge >= 0.3 is 0 Å². The van der Waals surface area contributed by atoms with Crippen molar-refractivity contribution in [3.8, 4) is 5.75 Å². The van der Waals surface area contributed by atoms with Gasteiger partial charge in [-0.05, 0) is 43.6 Å². The molecule has 3 heteroatoms. The maximum Gasteiger partial charge on any atom is 0.119 e. The quantitative estimate of drug-likeness (QED) is 0.668. The molecule has 0 aliphatic rings. The summed E-state index contributed by atoms with van der Waals surface area (Å²) in [5, 5.41) is 3.38. The molecule has 15 heavy (non-hydrogen) atoms. The molecule has 3 nitrogen and oxygen atoms in total. The van der Waals surface area contributed by atoms with Gasteiger partial charge in [0.2, 0.25) is 0 Å². The highest BCUT2D eigenvalue weighted by atomic mass is 16.5. The first-order chi connectivity index (χ1) is 7.36. The Balaban J connectivity index is 2.24. The highest BCUT2D eigenvalue weighted by molar-refractivity contribution is 5.28. The second kappa shape index (κ2) is 7.26. The summed E-state index contributed by atoms with van der Waals surface area (Å²) in [4.78, 5) is 0. The third-order valence-electron chi connectivity index (χ3n) is 2.27. The second-order valence-corrected chi connectivity index (χ2v) is 3.52. The van der Waals surface area contributed by atoms with Crippen LogP contribution in [0.3, 0.4) is 0 Å². The summed E-state index contributed by atoms with van der Waals surface area (Å²) in [6, 6.07) is 8.11. The van der Waals surface area contributed by atoms with Crippen molar-refractivity contribution in [2.24, 2.45) is 5.73 Å². The number of rotatable bonds is 7. The van der Waals surface area contributed by atoms with E-state index in [2.05, 4.69) is 17.4 Å². The first-order valence-electron chi connectivity index (χ1n) is 5.40. The van der Waals surface area contributed by atoms with Crippen LogP contribution < -0.4 is 15.8 Å². The lowest BCUT2D eigenvalue weighted by molar-refractivity contribution is 0.414. The van der Waals surface area contributed by atoms with E-state index in [1.165, 1.54) is 5.56 Å². The molecule has 0 radical (unpaired) electrons. The van der Waals surface area contributed by atoms with Crippen LogP contribution in [0.5, 0.6) is 5.75 Å². The molecule has 0 atom stereocenters. The molecule has 0 fully saturated rings. The van der Waals surface area contributed by atoms with Crippen LogP contribution in [0.15, 0.2) is 24.3 Å². The van der Waals surface area contributed by atoms with Crippen LogP contribution in [-0.2, 0) is 6.54 Å². The third-order valence-corrected chi connectivity index (χ3v) is 2.27. The Morgan fingerprint density at radius 1 is 1.33 bits per heavy atom. The van der Waals surface area contributed by atoms with Gasteiger partial charge in [-0.25, -0.2) is 0 Å². The van der Waals surface area contributed by atoms with Crippen LogP contribution in [-0.4, -0.2) is 20.2 Å². The minimum absolute atomic E-state index is 0.779. The summed E-state index contributed by atoms with van der Waals surface area (Å²) < 4.78 is 5.16. The third kappa shape index (κ3) is 4.81. The molecule has 0 aliphatic carbocycles. The number of nitrogens with two attached hydrogens (primary N) is 1. The molecule has 0 unspecified atom stereocenters. The lowest BCUT2D eigenvalue weighted by Gasteiger charge is -2.06. The highest BCUT2D eigenvalue weighted by Gasteiger charge is 1.94. The van der Waals surface area contributed by atoms with E-state index in [0.29, 0.717) is 0 Å². The maximum absolute atomic E-state index is 5.42. The first-order valence-corrected chi connectivity index (χ1v) is 5.40. The van der Waals surface area contributed by atoms with Crippen molar-refractivity contribution in [2.45, 2.75) is 19.4 Å². The normalized spacial score (nSPS) is 10.3. The molecular formula is C12H20N2O. The van der Waals surface area contributed by atoms with E-state index >= 15 is 0 Å². The minimum atomic E-state index is 0.779. The highest BCUT2D eigenvalue weighted by Crippen LogP contribution is 2.11. The lowest BCUT2D eigenvalue weighted by Crippen LogP contribution is -2.15. The molecular weight excluding hydrogens is 188 g/mol. The Kier molecular flexibility index (Phi) is 5.81. The van der Waals surface area contributed by atoms with Gasteiger partial charge in [-0.3, -0.25) is 0 Å². The molecule has 1 rings (SSSR count). The molecule has 0 spiro atoms. The van der Waals surface area contributed by atoms with Crippen molar-refractivity contribution < 1.29 is 4.74 Å². The number of nitrogens with one attached hydrogen (secondary N) is 1. The van der Waals surface area contributed by atoms with Crippen LogP contribution in [0.4, 0.5) is 0 Å². The molecule has 0 aliphatic heterocycles. The predicted octanol–water partition coefficient (Wildman–Crippen LogP) is 1.52. The summed E-state index contributed by atoms with van der Waals surface area (Å²) in [6.07, 6.45) is 2.23. The second-order valence-electron chi connectivity index (χ2n) is 3.52. The zero-order valence-electron chi connectivity index (χ0n) is 9.33. The van der Waals surface area contributed by atoms with Gasteiger partial charge in [0.15, 0.2) is 0 Å². The van der Waals surface area contributed by atoms with Gasteiger partial charge in [0, 0.05) is 6.54 Å². The van der Waals surface area contributed by atoms with Crippen molar-refractivity contribution in [1.82, 2.24) is 5.32 Å². The van der Waals surface area contributed by atoms with Gasteiger partial charge in [-0.2, -0.15) is 0 Å². The summed E-state index contributed by atoms with van der Waals surface area (Å²) in [5.74, 6) is 0.913. The Morgan fingerprint density at radius 2 is 2.20 bits per heavy atom. The molecule has 0 aromatic heterocycles. The zero-order chi connectivity index (χ0) is 10.9. The average Bonchev–Trinajstić information content (AvgIpc) is 2.29. The minimum Gasteiger partial charge on any atom is -0.497 e. The fourth-order valence-corrected chi connectivity index (χ4v) is 1.41. The van der Waals surface area contributed by atoms with Gasteiger partial charge in [0.25, 0.3) is 0 Å². The van der Waals surface area contributed by atoms with Crippen LogP contribution >= 0.6 is 0 Å². The molecule has 0 saturated carbocycles. The van der Waals surface area contributed by atoms with E-state index in [4.69, 9.17) is 10.5 Å². The number of methoxy groups -OCH3 is 1. The summed E-state index contributed by atoms with van der Waals surface area (Å²) in [5.41, 5.74) is 6.67. The summed E-state index contributed by atoms with van der Waals surface area (Å²) >= 11 is 0. The zero-order valence-corrected chi connectivity index (χ0v) is 9.33. The van der Waals surface area contributed by atoms with E-state index in [0.717, 1.165) is 38.2 Å². The molecule has 1 aromatic carbocycles. The average molecular weight is 208 g/mol. The van der Waals surface area contributed by atoms with Crippen LogP contribution in [0.25, 0.3) is 0 Å². The fraction of sp³-hybridized carbons (Fsp3) is 0.500. The summed E-state index contributed by atoms with van der Waals surface area (Å²) in [6.45, 7) is 2.69. The molecule has 84 valence electrons. The molecule has 0 saturated heterocycles. The van der Waals surface area contributed by atoms with E-state index in [1.54, 1.807) is 7.11 Å². The monoisotopic (exact) mass is 208 g/mol. The predicted molar refractivity (Wildman–Crippen MR) is 63.0 cm³/mol. The topological polar surface area (TPSA) is 47.3 Å². The molecule has 1 aromatic rings. The smallest absolute Gasteiger partial charge is 0.119 e. The van der Waals surface area contributed by atoms with Crippen molar-refractivity contribution in [3.63, 3.8) is 0 Å². The van der Waals surface area contributed by atoms with E-state index in [9.17, 15) is 0 Å². The SMILES string of the molecule is COc1cccc(CNCCCCN)c1. The molecule has 3 N–H and O–H groups in total. The van der Waals surface area contributed by atoms with Crippen LogP contribution in [0, 0.1) is 0 Å². The van der Waals surface area contributed by atoms with E-state index in [-0.39, 0.29) is 0 Å². The molecule has 0 bridgehead atoms. The Hall–Kier alpha value is -1.06. The Labute approximate surface area is 91.6 Å². The van der Waals surface area contributed by atoms with Gasteiger partial charge < -0.3 is 15.8 Å². The number of hydrogen-bond acceptors (Lipinski definition) is 3. The van der Waals surface area contributed by atoms with E-state index in [1.807, 2.05) is 12.1 Å². The summed E-state index contributed by atoms with van der Waals surface area (Å²) in [7, 11) is 1.69. The van der Waals surface area contributed by atoms with Gasteiger partial charge in [-0.15, -0.1) is 0 Å². The fourth-order valence-electron chi connectivity index (χ4n) is 1.41. The van der Waals surface area contributed by atoms with Gasteiger partial charge in [0.1, 0.15) is 5.75 Å². The Bertz CT molecular complexity index is 276. The largest absolute Gasteiger partial charge is 0.497 e. The van der Waals surface area contributed by atoms with Gasteiger partial charge in [-0.1, -0.05) is 12.1 Å². The number of benzene rings is 1. The van der Waals surface area contributed by atoms with Crippen LogP contribution in [0.2, 0.25) is 0 Å². The Morgan fingerprint density at radius 3 is 2.93 bits per heavy atom. The van der Waals surface area contributed by atoms with Gasteiger partial charge in [0.05, 0.1) is 7.11 Å². The maximum atomic E-state index is 5.42. The van der Waals surface area contributed by atoms with Crippen molar-refractivity contribution >= 4 is 0 Å². The number of hydrogen-bond donors (Lipinski definition) is 2. The number of unbranched alkanes of at least 4 members (excludes halogenated alkanes) is 1. The van der Waals surface area contributed by atoms with Crippen molar-refractivity contribution in [1.29, 1.82) is 0 Å². The van der Waals surface area contributed by atoms with E-state index < -0.39 is 0 Å². The standard InChI is InChI=1S/C12H20N2O/c1-15-12-6-4-5-11(9-12)10-14-8-3-2-7-13/h4-6,9,14H,2-3,7-8,10,13H2,1H3. The molecule has 0 heterocycles. The molecule has 0 amide bonds. The lowest BCUT2D eigenvalue weighted by atomic mass is 10.2. The number of ether oxygens (including phenoxy) is 1. The van der Waals surface area contributed by atoms with Crippen molar-refractivity contribution in [3.05, 3.63) is 29.8 Å².